The van der Waals surface area contributed by atoms with Crippen LogP contribution in [-0.2, 0) is 32.0 Å². The molecule has 334 valence electrons. The fourth-order valence-electron chi connectivity index (χ4n) is 7.41. The van der Waals surface area contributed by atoms with Gasteiger partial charge in [-0.25, -0.2) is 0 Å². The summed E-state index contributed by atoms with van der Waals surface area (Å²) in [6, 6.07) is 13.1. The van der Waals surface area contributed by atoms with Crippen molar-refractivity contribution in [2.24, 2.45) is 11.5 Å². The first-order valence-electron chi connectivity index (χ1n) is 21.4. The summed E-state index contributed by atoms with van der Waals surface area (Å²) in [6.45, 7) is 6.02. The molecule has 0 aliphatic carbocycles. The van der Waals surface area contributed by atoms with Gasteiger partial charge in [-0.05, 0) is 86.3 Å². The third-order valence-electron chi connectivity index (χ3n) is 10.7. The third-order valence-corrected chi connectivity index (χ3v) is 10.7. The SMILES string of the molecule is CCCCCCCc1ccc(C(=O)N[C@@H](CNC)C(=O)N(C)[C@@H]2C(=O)N[C@@H](C)C(=O)N[C@H](C(=O)NCC#N)Cc3ccc(OCCN)c(c3)-c3cc2ccc3OCCN)c(C)c1. The number of hydrogen-bond donors (Lipinski definition) is 7. The van der Waals surface area contributed by atoms with Crippen LogP contribution in [0.3, 0.4) is 0 Å². The third kappa shape index (κ3) is 13.2. The maximum atomic E-state index is 14.6. The number of rotatable bonds is 20. The molecular weight excluding hydrogens is 791 g/mol. The maximum Gasteiger partial charge on any atom is 0.252 e. The lowest BCUT2D eigenvalue weighted by Gasteiger charge is -2.32. The summed E-state index contributed by atoms with van der Waals surface area (Å²) in [5.41, 5.74) is 16.0. The Kier molecular flexibility index (Phi) is 19.2. The number of benzene rings is 3. The Labute approximate surface area is 364 Å². The number of amides is 5. The zero-order chi connectivity index (χ0) is 45.2. The summed E-state index contributed by atoms with van der Waals surface area (Å²) in [4.78, 5) is 71.2. The summed E-state index contributed by atoms with van der Waals surface area (Å²) in [7, 11) is 3.11. The van der Waals surface area contributed by atoms with Crippen molar-refractivity contribution in [3.63, 3.8) is 0 Å². The average molecular weight is 854 g/mol. The molecule has 4 atom stereocenters. The molecule has 4 bridgehead atoms. The van der Waals surface area contributed by atoms with Gasteiger partial charge >= 0.3 is 0 Å². The first-order chi connectivity index (χ1) is 29.9. The van der Waals surface area contributed by atoms with Crippen LogP contribution in [0, 0.1) is 18.3 Å². The van der Waals surface area contributed by atoms with E-state index in [4.69, 9.17) is 26.2 Å². The summed E-state index contributed by atoms with van der Waals surface area (Å²) in [6.07, 6.45) is 6.74. The number of fused-ring (bicyclic) bond motifs is 5. The van der Waals surface area contributed by atoms with E-state index in [1.165, 1.54) is 38.1 Å². The van der Waals surface area contributed by atoms with E-state index in [0.29, 0.717) is 39.3 Å². The van der Waals surface area contributed by atoms with Gasteiger partial charge in [0.15, 0.2) is 0 Å². The zero-order valence-corrected chi connectivity index (χ0v) is 36.6. The highest BCUT2D eigenvalue weighted by Gasteiger charge is 2.36. The second-order valence-corrected chi connectivity index (χ2v) is 15.5. The van der Waals surface area contributed by atoms with Crippen LogP contribution in [0.5, 0.6) is 11.5 Å². The van der Waals surface area contributed by atoms with Crippen LogP contribution in [0.2, 0.25) is 0 Å². The molecule has 0 spiro atoms. The first-order valence-corrected chi connectivity index (χ1v) is 21.4. The predicted octanol–water partition coefficient (Wildman–Crippen LogP) is 2.55. The van der Waals surface area contributed by atoms with Gasteiger partial charge in [-0.15, -0.1) is 0 Å². The Balaban J connectivity index is 1.78. The molecule has 3 aromatic rings. The lowest BCUT2D eigenvalue weighted by Crippen LogP contribution is -2.56. The molecule has 62 heavy (non-hydrogen) atoms. The normalized spacial score (nSPS) is 16.7. The molecule has 4 rings (SSSR count). The van der Waals surface area contributed by atoms with Gasteiger partial charge in [-0.2, -0.15) is 5.26 Å². The Morgan fingerprint density at radius 2 is 1.60 bits per heavy atom. The number of unbranched alkanes of at least 4 members (excludes halogenated alkanes) is 4. The highest BCUT2D eigenvalue weighted by molar-refractivity contribution is 6.00. The highest BCUT2D eigenvalue weighted by Crippen LogP contribution is 2.40. The van der Waals surface area contributed by atoms with Crippen molar-refractivity contribution in [3.8, 4) is 28.7 Å². The lowest BCUT2D eigenvalue weighted by atomic mass is 9.93. The van der Waals surface area contributed by atoms with Crippen molar-refractivity contribution >= 4 is 29.5 Å². The van der Waals surface area contributed by atoms with Gasteiger partial charge < -0.3 is 52.4 Å². The van der Waals surface area contributed by atoms with Crippen LogP contribution in [-0.4, -0.2) is 106 Å². The van der Waals surface area contributed by atoms with E-state index in [0.717, 1.165) is 30.4 Å². The minimum atomic E-state index is -1.34. The van der Waals surface area contributed by atoms with Gasteiger partial charge in [0.25, 0.3) is 5.91 Å². The van der Waals surface area contributed by atoms with Crippen molar-refractivity contribution in [2.45, 2.75) is 89.9 Å². The molecular formula is C46H63N9O7. The molecule has 9 N–H and O–H groups in total. The predicted molar refractivity (Wildman–Crippen MR) is 237 cm³/mol. The molecule has 1 aliphatic rings. The summed E-state index contributed by atoms with van der Waals surface area (Å²) < 4.78 is 12.2. The molecule has 1 aliphatic heterocycles. The van der Waals surface area contributed by atoms with E-state index in [2.05, 4.69) is 33.5 Å². The summed E-state index contributed by atoms with van der Waals surface area (Å²) in [5, 5.41) is 23.0. The van der Waals surface area contributed by atoms with Crippen molar-refractivity contribution in [1.82, 2.24) is 31.5 Å². The molecule has 0 radical (unpaired) electrons. The maximum absolute atomic E-state index is 14.6. The quantitative estimate of drug-likeness (QED) is 0.0644. The Bertz CT molecular complexity index is 2070. The minimum Gasteiger partial charge on any atom is -0.492 e. The summed E-state index contributed by atoms with van der Waals surface area (Å²) in [5.74, 6) is -2.19. The number of nitrogens with one attached hydrogen (secondary N) is 5. The van der Waals surface area contributed by atoms with Crippen LogP contribution >= 0.6 is 0 Å². The summed E-state index contributed by atoms with van der Waals surface area (Å²) >= 11 is 0. The molecule has 0 saturated heterocycles. The van der Waals surface area contributed by atoms with Gasteiger partial charge in [0, 0.05) is 49.8 Å². The Morgan fingerprint density at radius 3 is 2.24 bits per heavy atom. The number of aryl methyl sites for hydroxylation is 2. The second-order valence-electron chi connectivity index (χ2n) is 15.5. The van der Waals surface area contributed by atoms with Crippen LogP contribution in [0.25, 0.3) is 11.1 Å². The molecule has 1 heterocycles. The van der Waals surface area contributed by atoms with Crippen molar-refractivity contribution in [3.05, 3.63) is 82.4 Å². The fraction of sp³-hybridized carbons (Fsp3) is 0.478. The first kappa shape index (κ1) is 48.6. The van der Waals surface area contributed by atoms with Crippen molar-refractivity contribution in [1.29, 1.82) is 5.26 Å². The molecule has 0 unspecified atom stereocenters. The van der Waals surface area contributed by atoms with Crippen LogP contribution < -0.4 is 47.5 Å². The number of nitrogens with two attached hydrogens (primary N) is 2. The second kappa shape index (κ2) is 24.4. The number of likely N-dealkylation sites (N-methyl/N-ethyl adjacent to an activating group) is 2. The van der Waals surface area contributed by atoms with E-state index in [9.17, 15) is 24.0 Å². The van der Waals surface area contributed by atoms with E-state index < -0.39 is 53.7 Å². The van der Waals surface area contributed by atoms with Crippen molar-refractivity contribution in [2.75, 3.05) is 53.5 Å². The monoisotopic (exact) mass is 853 g/mol. The van der Waals surface area contributed by atoms with Crippen LogP contribution in [0.1, 0.15) is 84.6 Å². The van der Waals surface area contributed by atoms with Gasteiger partial charge in [0.2, 0.25) is 23.6 Å². The fourth-order valence-corrected chi connectivity index (χ4v) is 7.41. The van der Waals surface area contributed by atoms with E-state index in [1.807, 2.05) is 25.1 Å². The van der Waals surface area contributed by atoms with E-state index in [1.54, 1.807) is 49.5 Å². The topological polar surface area (TPSA) is 243 Å². The van der Waals surface area contributed by atoms with Crippen LogP contribution in [0.15, 0.2) is 54.6 Å². The molecule has 0 aromatic heterocycles. The molecule has 0 fully saturated rings. The number of carbonyl (C=O) groups excluding carboxylic acids is 5. The number of carbonyl (C=O) groups is 5. The minimum absolute atomic E-state index is 0.0216. The molecule has 5 amide bonds. The van der Waals surface area contributed by atoms with Gasteiger partial charge in [0.1, 0.15) is 55.4 Å². The van der Waals surface area contributed by atoms with Crippen molar-refractivity contribution < 1.29 is 33.4 Å². The Morgan fingerprint density at radius 1 is 0.919 bits per heavy atom. The van der Waals surface area contributed by atoms with Gasteiger partial charge in [-0.3, -0.25) is 24.0 Å². The molecule has 16 heteroatoms. The average Bonchev–Trinajstić information content (AvgIpc) is 3.26. The standard InChI is InChI=1S/C46H63N9O7/c1-6-7-8-9-10-11-31-12-15-34(29(2)24-31)43(57)54-38(28-50-4)46(60)55(5)41-33-14-17-40(62-23-20-49)36(27-33)35-25-32(13-16-39(35)61-22-19-48)26-37(44(58)51-21-18-47)53-42(56)30(3)52-45(41)59/h12-17,24-25,27,30,37-38,41,50H,6-11,19-23,26,28,48-49H2,1-5H3,(H,51,58)(H,52,59)(H,53,56)(H,54,57)/t30-,37-,38-,41-/m0/s1. The Hall–Kier alpha value is -6.02. The molecule has 0 saturated carbocycles. The number of hydrogen-bond acceptors (Lipinski definition) is 11. The molecule has 16 nitrogen and oxygen atoms in total. The largest absolute Gasteiger partial charge is 0.492 e. The highest BCUT2D eigenvalue weighted by atomic mass is 16.5. The number of nitrogens with zero attached hydrogens (tertiary/aromatic N) is 2. The zero-order valence-electron chi connectivity index (χ0n) is 36.6. The van der Waals surface area contributed by atoms with E-state index in [-0.39, 0.29) is 45.8 Å². The lowest BCUT2D eigenvalue weighted by molar-refractivity contribution is -0.141. The van der Waals surface area contributed by atoms with Crippen LogP contribution in [0.4, 0.5) is 0 Å². The van der Waals surface area contributed by atoms with Gasteiger partial charge in [0.05, 0.1) is 6.07 Å². The van der Waals surface area contributed by atoms with E-state index >= 15 is 0 Å². The smallest absolute Gasteiger partial charge is 0.252 e. The number of nitriles is 1. The number of ether oxygens (including phenoxy) is 2. The van der Waals surface area contributed by atoms with Gasteiger partial charge in [-0.1, -0.05) is 56.9 Å². The molecule has 3 aromatic carbocycles.